The molecule has 7 heteroatoms. The second-order valence-electron chi connectivity index (χ2n) is 8.97. The Morgan fingerprint density at radius 1 is 0.649 bits per heavy atom. The Kier molecular flexibility index (Phi) is 8.44. The van der Waals surface area contributed by atoms with Crippen LogP contribution in [-0.4, -0.2) is 20.1 Å². The van der Waals surface area contributed by atoms with E-state index in [1.807, 2.05) is 18.2 Å². The molecule has 0 atom stereocenters. The molecule has 0 saturated carbocycles. The summed E-state index contributed by atoms with van der Waals surface area (Å²) < 4.78 is 74.9. The average molecular weight is 515 g/mol. The van der Waals surface area contributed by atoms with Gasteiger partial charge in [-0.05, 0) is 77.4 Å². The monoisotopic (exact) mass is 514 g/mol. The highest BCUT2D eigenvalue weighted by Crippen LogP contribution is 2.28. The lowest BCUT2D eigenvalue weighted by Gasteiger charge is -2.11. The lowest BCUT2D eigenvalue weighted by Crippen LogP contribution is -2.18. The van der Waals surface area contributed by atoms with Crippen LogP contribution < -0.4 is 4.74 Å². The Hall–Kier alpha value is -3.45. The zero-order chi connectivity index (χ0) is 26.4. The van der Waals surface area contributed by atoms with Gasteiger partial charge in [0.2, 0.25) is 0 Å². The van der Waals surface area contributed by atoms with Crippen LogP contribution in [0.25, 0.3) is 10.8 Å². The van der Waals surface area contributed by atoms with Crippen LogP contribution in [0.5, 0.6) is 5.75 Å². The van der Waals surface area contributed by atoms with E-state index in [2.05, 4.69) is 29.0 Å². The van der Waals surface area contributed by atoms with Crippen LogP contribution in [0.1, 0.15) is 27.8 Å². The maximum atomic E-state index is 15.2. The molecule has 4 aromatic carbocycles. The van der Waals surface area contributed by atoms with E-state index in [9.17, 15) is 17.6 Å². The third-order valence-electron chi connectivity index (χ3n) is 6.32. The number of halogens is 5. The number of rotatable bonds is 10. The Balaban J connectivity index is 1.39. The molecule has 4 aromatic rings. The van der Waals surface area contributed by atoms with Crippen molar-refractivity contribution >= 4 is 10.8 Å². The zero-order valence-electron chi connectivity index (χ0n) is 20.4. The molecule has 194 valence electrons. The van der Waals surface area contributed by atoms with Crippen molar-refractivity contribution in [2.45, 2.75) is 38.5 Å². The molecule has 0 amide bonds. The van der Waals surface area contributed by atoms with Crippen LogP contribution >= 0.6 is 0 Å². The number of hydrogen-bond acceptors (Lipinski definition) is 2. The molecule has 0 aliphatic rings. The highest BCUT2D eigenvalue weighted by molar-refractivity contribution is 5.84. The molecule has 0 heterocycles. The second-order valence-corrected chi connectivity index (χ2v) is 8.97. The molecule has 0 saturated heterocycles. The fourth-order valence-electron chi connectivity index (χ4n) is 4.30. The number of fused-ring (bicyclic) bond motifs is 1. The Labute approximate surface area is 212 Å². The van der Waals surface area contributed by atoms with Crippen LogP contribution in [-0.2, 0) is 36.8 Å². The van der Waals surface area contributed by atoms with Gasteiger partial charge in [-0.3, -0.25) is 0 Å². The largest absolute Gasteiger partial charge is 0.573 e. The SMILES string of the molecule is COCCc1ccc(CCc2ccc3c(F)c(CCc4ccc(OC(F)(F)F)c(F)c4)ccc3c2)cc1. The summed E-state index contributed by atoms with van der Waals surface area (Å²) in [7, 11) is 1.69. The first kappa shape index (κ1) is 26.6. The minimum Gasteiger partial charge on any atom is -0.403 e. The van der Waals surface area contributed by atoms with Crippen LogP contribution in [0.4, 0.5) is 22.0 Å². The summed E-state index contributed by atoms with van der Waals surface area (Å²) in [5, 5.41) is 1.30. The number of ether oxygens (including phenoxy) is 2. The third kappa shape index (κ3) is 7.29. The van der Waals surface area contributed by atoms with Crippen LogP contribution in [0.15, 0.2) is 72.8 Å². The smallest absolute Gasteiger partial charge is 0.403 e. The molecule has 0 fully saturated rings. The molecule has 0 spiro atoms. The minimum absolute atomic E-state index is 0.272. The lowest BCUT2D eigenvalue weighted by atomic mass is 9.97. The predicted molar refractivity (Wildman–Crippen MR) is 134 cm³/mol. The fourth-order valence-corrected chi connectivity index (χ4v) is 4.30. The molecule has 2 nitrogen and oxygen atoms in total. The summed E-state index contributed by atoms with van der Waals surface area (Å²) >= 11 is 0. The average Bonchev–Trinajstić information content (AvgIpc) is 2.87. The summed E-state index contributed by atoms with van der Waals surface area (Å²) in [4.78, 5) is 0. The van der Waals surface area contributed by atoms with Gasteiger partial charge in [0, 0.05) is 12.5 Å². The van der Waals surface area contributed by atoms with Gasteiger partial charge in [0.1, 0.15) is 5.82 Å². The molecule has 37 heavy (non-hydrogen) atoms. The zero-order valence-corrected chi connectivity index (χ0v) is 20.4. The normalized spacial score (nSPS) is 11.7. The number of hydrogen-bond donors (Lipinski definition) is 0. The molecule has 0 bridgehead atoms. The quantitative estimate of drug-likeness (QED) is 0.201. The minimum atomic E-state index is -4.97. The summed E-state index contributed by atoms with van der Waals surface area (Å²) in [5.41, 5.74) is 4.50. The van der Waals surface area contributed by atoms with Gasteiger partial charge < -0.3 is 9.47 Å². The summed E-state index contributed by atoms with van der Waals surface area (Å²) in [5.74, 6) is -2.33. The van der Waals surface area contributed by atoms with Gasteiger partial charge in [-0.2, -0.15) is 0 Å². The van der Waals surface area contributed by atoms with Crippen LogP contribution in [0.3, 0.4) is 0 Å². The maximum Gasteiger partial charge on any atom is 0.573 e. The highest BCUT2D eigenvalue weighted by atomic mass is 19.4. The topological polar surface area (TPSA) is 18.5 Å². The van der Waals surface area contributed by atoms with Crippen molar-refractivity contribution in [1.29, 1.82) is 0 Å². The predicted octanol–water partition coefficient (Wildman–Crippen LogP) is 7.78. The number of alkyl halides is 3. The van der Waals surface area contributed by atoms with Crippen molar-refractivity contribution in [2.75, 3.05) is 13.7 Å². The second kappa shape index (κ2) is 11.7. The van der Waals surface area contributed by atoms with E-state index >= 15 is 4.39 Å². The van der Waals surface area contributed by atoms with E-state index in [1.54, 1.807) is 19.2 Å². The third-order valence-corrected chi connectivity index (χ3v) is 6.32. The van der Waals surface area contributed by atoms with Gasteiger partial charge >= 0.3 is 6.36 Å². The standard InChI is InChI=1S/C30H27F5O2/c1-36-17-16-21-4-2-20(3-5-21)6-7-22-9-14-26-25(18-22)13-12-24(29(26)32)11-8-23-10-15-28(27(31)19-23)37-30(33,34)35/h2-5,9-10,12-15,18-19H,6-8,11,16-17H2,1H3. The van der Waals surface area contributed by atoms with Gasteiger partial charge in [0.05, 0.1) is 6.61 Å². The van der Waals surface area contributed by atoms with Gasteiger partial charge in [-0.25, -0.2) is 8.78 Å². The Bertz CT molecular complexity index is 1350. The molecule has 0 radical (unpaired) electrons. The van der Waals surface area contributed by atoms with Crippen LogP contribution in [0, 0.1) is 11.6 Å². The molecular weight excluding hydrogens is 487 g/mol. The molecule has 4 rings (SSSR count). The van der Waals surface area contributed by atoms with Gasteiger partial charge in [0.15, 0.2) is 11.6 Å². The molecular formula is C30H27F5O2. The Morgan fingerprint density at radius 3 is 1.92 bits per heavy atom. The lowest BCUT2D eigenvalue weighted by molar-refractivity contribution is -0.275. The van der Waals surface area contributed by atoms with E-state index in [-0.39, 0.29) is 18.7 Å². The first-order valence-electron chi connectivity index (χ1n) is 12.0. The maximum absolute atomic E-state index is 15.2. The van der Waals surface area contributed by atoms with E-state index < -0.39 is 17.9 Å². The van der Waals surface area contributed by atoms with Gasteiger partial charge in [-0.1, -0.05) is 60.7 Å². The molecule has 0 aliphatic heterocycles. The van der Waals surface area contributed by atoms with Gasteiger partial charge in [-0.15, -0.1) is 13.2 Å². The molecule has 0 unspecified atom stereocenters. The van der Waals surface area contributed by atoms with Crippen molar-refractivity contribution in [3.05, 3.63) is 112 Å². The van der Waals surface area contributed by atoms with E-state index in [0.717, 1.165) is 42.3 Å². The van der Waals surface area contributed by atoms with Crippen molar-refractivity contribution in [1.82, 2.24) is 0 Å². The summed E-state index contributed by atoms with van der Waals surface area (Å²) in [6.07, 6.45) is -1.83. The number of methoxy groups -OCH3 is 1. The van der Waals surface area contributed by atoms with Crippen molar-refractivity contribution < 1.29 is 31.4 Å². The van der Waals surface area contributed by atoms with Crippen molar-refractivity contribution in [3.8, 4) is 5.75 Å². The first-order chi connectivity index (χ1) is 17.7. The molecule has 0 aliphatic carbocycles. The molecule has 0 aromatic heterocycles. The number of benzene rings is 4. The first-order valence-corrected chi connectivity index (χ1v) is 12.0. The number of aryl methyl sites for hydroxylation is 4. The van der Waals surface area contributed by atoms with Gasteiger partial charge in [0.25, 0.3) is 0 Å². The summed E-state index contributed by atoms with van der Waals surface area (Å²) in [6, 6.07) is 21.0. The fraction of sp³-hybridized carbons (Fsp3) is 0.267. The van der Waals surface area contributed by atoms with Crippen molar-refractivity contribution in [2.24, 2.45) is 0 Å². The highest BCUT2D eigenvalue weighted by Gasteiger charge is 2.32. The molecule has 0 N–H and O–H groups in total. The summed E-state index contributed by atoms with van der Waals surface area (Å²) in [6.45, 7) is 0.696. The van der Waals surface area contributed by atoms with E-state index in [1.165, 1.54) is 17.2 Å². The van der Waals surface area contributed by atoms with Crippen molar-refractivity contribution in [3.63, 3.8) is 0 Å². The van der Waals surface area contributed by atoms with E-state index in [0.29, 0.717) is 23.1 Å². The Morgan fingerprint density at radius 2 is 1.24 bits per heavy atom. The van der Waals surface area contributed by atoms with Crippen LogP contribution in [0.2, 0.25) is 0 Å². The van der Waals surface area contributed by atoms with E-state index in [4.69, 9.17) is 4.74 Å².